The minimum absolute atomic E-state index is 0.242. The van der Waals surface area contributed by atoms with E-state index in [1.54, 1.807) is 0 Å². The maximum absolute atomic E-state index is 9.50. The van der Waals surface area contributed by atoms with Crippen LogP contribution in [-0.2, 0) is 9.47 Å². The van der Waals surface area contributed by atoms with Crippen LogP contribution in [0.5, 0.6) is 0 Å². The van der Waals surface area contributed by atoms with Crippen molar-refractivity contribution in [3.8, 4) is 0 Å². The smallest absolute Gasteiger partial charge is 0.147 e. The molecule has 1 N–H and O–H groups in total. The van der Waals surface area contributed by atoms with Gasteiger partial charge in [-0.25, -0.2) is 0 Å². The Hall–Kier alpha value is -0.460. The fourth-order valence-corrected chi connectivity index (χ4v) is 6.24. The molecule has 0 aromatic heterocycles. The highest BCUT2D eigenvalue weighted by Crippen LogP contribution is 2.58. The van der Waals surface area contributed by atoms with E-state index in [0.29, 0.717) is 36.1 Å². The zero-order valence-electron chi connectivity index (χ0n) is 18.4. The Labute approximate surface area is 172 Å². The molecular formula is C23H42N2O3. The molecule has 0 aromatic rings. The summed E-state index contributed by atoms with van der Waals surface area (Å²) in [5.74, 6) is 1.81. The molecule has 1 heterocycles. The molecule has 3 aliphatic rings. The third-order valence-corrected chi connectivity index (χ3v) is 7.78. The van der Waals surface area contributed by atoms with E-state index in [2.05, 4.69) is 37.4 Å². The fourth-order valence-electron chi connectivity index (χ4n) is 6.24. The first-order chi connectivity index (χ1) is 13.5. The van der Waals surface area contributed by atoms with Crippen LogP contribution >= 0.6 is 0 Å². The highest BCUT2D eigenvalue weighted by Gasteiger charge is 2.53. The van der Waals surface area contributed by atoms with Crippen molar-refractivity contribution in [1.29, 1.82) is 0 Å². The monoisotopic (exact) mass is 394 g/mol. The van der Waals surface area contributed by atoms with E-state index in [0.717, 1.165) is 58.5 Å². The molecule has 1 saturated heterocycles. The Morgan fingerprint density at radius 1 is 1.18 bits per heavy atom. The van der Waals surface area contributed by atoms with E-state index < -0.39 is 0 Å². The molecule has 2 saturated carbocycles. The number of aliphatic hydroxyl groups excluding tert-OH is 1. The summed E-state index contributed by atoms with van der Waals surface area (Å²) in [6.07, 6.45) is 7.49. The topological polar surface area (TPSA) is 45.2 Å². The molecule has 5 atom stereocenters. The molecule has 5 heteroatoms. The summed E-state index contributed by atoms with van der Waals surface area (Å²) < 4.78 is 11.7. The average Bonchev–Trinajstić information content (AvgIpc) is 2.66. The highest BCUT2D eigenvalue weighted by molar-refractivity contribution is 5.15. The van der Waals surface area contributed by atoms with Crippen LogP contribution in [0.3, 0.4) is 0 Å². The van der Waals surface area contributed by atoms with E-state index >= 15 is 0 Å². The van der Waals surface area contributed by atoms with Crippen molar-refractivity contribution in [3.63, 3.8) is 0 Å². The number of hydrogen-bond donors (Lipinski definition) is 1. The van der Waals surface area contributed by atoms with Crippen molar-refractivity contribution < 1.29 is 14.6 Å². The van der Waals surface area contributed by atoms with E-state index in [4.69, 9.17) is 9.47 Å². The lowest BCUT2D eigenvalue weighted by atomic mass is 9.50. The Bertz CT molecular complexity index is 512. The predicted molar refractivity (Wildman–Crippen MR) is 113 cm³/mol. The summed E-state index contributed by atoms with van der Waals surface area (Å²) >= 11 is 0. The summed E-state index contributed by atoms with van der Waals surface area (Å²) in [7, 11) is 4.25. The predicted octanol–water partition coefficient (Wildman–Crippen LogP) is 2.99. The Morgan fingerprint density at radius 2 is 2.00 bits per heavy atom. The Balaban J connectivity index is 1.63. The van der Waals surface area contributed by atoms with Crippen molar-refractivity contribution in [2.24, 2.45) is 23.2 Å². The van der Waals surface area contributed by atoms with Crippen molar-refractivity contribution in [2.45, 2.75) is 51.6 Å². The number of ether oxygens (including phenoxy) is 2. The molecule has 3 rings (SSSR count). The third kappa shape index (κ3) is 4.99. The normalized spacial score (nSPS) is 35.9. The van der Waals surface area contributed by atoms with Gasteiger partial charge < -0.3 is 24.4 Å². The van der Waals surface area contributed by atoms with Gasteiger partial charge in [0, 0.05) is 12.5 Å². The summed E-state index contributed by atoms with van der Waals surface area (Å²) in [4.78, 5) is 4.68. The van der Waals surface area contributed by atoms with Gasteiger partial charge in [0.05, 0.1) is 19.3 Å². The first-order valence-corrected chi connectivity index (χ1v) is 11.3. The van der Waals surface area contributed by atoms with E-state index in [9.17, 15) is 5.11 Å². The second-order valence-corrected chi connectivity index (χ2v) is 9.77. The molecule has 162 valence electrons. The SMILES string of the molecule is C=C1CCC2C3COCOC3CCC2(C)C1CCN(CCO)CCCN(C)C. The first-order valence-electron chi connectivity index (χ1n) is 11.3. The van der Waals surface area contributed by atoms with Crippen LogP contribution in [0.25, 0.3) is 0 Å². The zero-order chi connectivity index (χ0) is 20.1. The summed E-state index contributed by atoms with van der Waals surface area (Å²) in [6, 6.07) is 0. The molecule has 28 heavy (non-hydrogen) atoms. The molecule has 5 unspecified atom stereocenters. The Morgan fingerprint density at radius 3 is 2.75 bits per heavy atom. The number of allylic oxidation sites excluding steroid dienone is 1. The van der Waals surface area contributed by atoms with Crippen molar-refractivity contribution in [3.05, 3.63) is 12.2 Å². The first kappa shape index (κ1) is 22.2. The summed E-state index contributed by atoms with van der Waals surface area (Å²) in [5.41, 5.74) is 1.77. The van der Waals surface area contributed by atoms with Gasteiger partial charge in [-0.1, -0.05) is 19.1 Å². The van der Waals surface area contributed by atoms with Gasteiger partial charge in [-0.2, -0.15) is 0 Å². The van der Waals surface area contributed by atoms with Gasteiger partial charge in [-0.05, 0) is 89.5 Å². The zero-order valence-corrected chi connectivity index (χ0v) is 18.4. The van der Waals surface area contributed by atoms with E-state index in [1.165, 1.54) is 18.4 Å². The largest absolute Gasteiger partial charge is 0.395 e. The average molecular weight is 395 g/mol. The van der Waals surface area contributed by atoms with Gasteiger partial charge in [-0.3, -0.25) is 0 Å². The van der Waals surface area contributed by atoms with Crippen molar-refractivity contribution >= 4 is 0 Å². The molecule has 2 aliphatic carbocycles. The van der Waals surface area contributed by atoms with Gasteiger partial charge >= 0.3 is 0 Å². The summed E-state index contributed by atoms with van der Waals surface area (Å²) in [6.45, 7) is 12.6. The lowest BCUT2D eigenvalue weighted by Gasteiger charge is -2.57. The Kier molecular flexibility index (Phi) is 7.97. The maximum Gasteiger partial charge on any atom is 0.147 e. The number of nitrogens with zero attached hydrogens (tertiary/aromatic N) is 2. The van der Waals surface area contributed by atoms with Crippen LogP contribution < -0.4 is 0 Å². The standard InChI is InChI=1S/C23H42N2O3/c1-18-6-7-21-19-16-27-17-28-22(19)8-10-23(21,2)20(18)9-13-25(14-15-26)12-5-11-24(3)4/h19-22,26H,1,5-17H2,2-4H3. The minimum atomic E-state index is 0.242. The van der Waals surface area contributed by atoms with Gasteiger partial charge in [0.1, 0.15) is 6.79 Å². The molecular weight excluding hydrogens is 352 g/mol. The van der Waals surface area contributed by atoms with Crippen LogP contribution in [0.1, 0.15) is 45.4 Å². The number of fused-ring (bicyclic) bond motifs is 3. The number of rotatable bonds is 9. The van der Waals surface area contributed by atoms with Gasteiger partial charge in [0.25, 0.3) is 0 Å². The van der Waals surface area contributed by atoms with Crippen molar-refractivity contribution in [2.75, 3.05) is 60.3 Å². The molecule has 0 aromatic carbocycles. The fraction of sp³-hybridized carbons (Fsp3) is 0.913. The quantitative estimate of drug-likeness (QED) is 0.609. The van der Waals surface area contributed by atoms with E-state index in [1.807, 2.05) is 0 Å². The molecule has 1 aliphatic heterocycles. The summed E-state index contributed by atoms with van der Waals surface area (Å²) in [5, 5.41) is 9.50. The van der Waals surface area contributed by atoms with Crippen LogP contribution in [0.15, 0.2) is 12.2 Å². The van der Waals surface area contributed by atoms with Crippen LogP contribution in [0.4, 0.5) is 0 Å². The van der Waals surface area contributed by atoms with Crippen LogP contribution in [0, 0.1) is 23.2 Å². The van der Waals surface area contributed by atoms with Gasteiger partial charge in [0.15, 0.2) is 0 Å². The number of aliphatic hydroxyl groups is 1. The minimum Gasteiger partial charge on any atom is -0.395 e. The maximum atomic E-state index is 9.50. The number of hydrogen-bond acceptors (Lipinski definition) is 5. The second kappa shape index (κ2) is 10.0. The molecule has 3 fully saturated rings. The second-order valence-electron chi connectivity index (χ2n) is 9.77. The van der Waals surface area contributed by atoms with Crippen LogP contribution in [-0.4, -0.2) is 81.3 Å². The highest BCUT2D eigenvalue weighted by atomic mass is 16.7. The molecule has 0 bridgehead atoms. The van der Waals surface area contributed by atoms with Gasteiger partial charge in [0.2, 0.25) is 0 Å². The lowest BCUT2D eigenvalue weighted by molar-refractivity contribution is -0.218. The third-order valence-electron chi connectivity index (χ3n) is 7.78. The van der Waals surface area contributed by atoms with Gasteiger partial charge in [-0.15, -0.1) is 0 Å². The molecule has 0 spiro atoms. The molecule has 0 radical (unpaired) electrons. The molecule has 5 nitrogen and oxygen atoms in total. The van der Waals surface area contributed by atoms with E-state index in [-0.39, 0.29) is 6.61 Å². The van der Waals surface area contributed by atoms with Crippen LogP contribution in [0.2, 0.25) is 0 Å². The van der Waals surface area contributed by atoms with Crippen molar-refractivity contribution in [1.82, 2.24) is 9.80 Å². The lowest BCUT2D eigenvalue weighted by Crippen LogP contribution is -2.54. The molecule has 0 amide bonds.